The van der Waals surface area contributed by atoms with E-state index in [0.717, 1.165) is 0 Å². The summed E-state index contributed by atoms with van der Waals surface area (Å²) in [5.74, 6) is 0.597. The van der Waals surface area contributed by atoms with Crippen LogP contribution < -0.4 is 9.46 Å². The molecule has 0 radical (unpaired) electrons. The molecule has 0 aliphatic carbocycles. The van der Waals surface area contributed by atoms with E-state index in [2.05, 4.69) is 4.72 Å². The number of hydrogen-bond donors (Lipinski definition) is 2. The molecule has 0 aliphatic rings. The van der Waals surface area contributed by atoms with Crippen molar-refractivity contribution in [3.63, 3.8) is 0 Å². The van der Waals surface area contributed by atoms with Crippen LogP contribution in [0.15, 0.2) is 29.2 Å². The van der Waals surface area contributed by atoms with Crippen molar-refractivity contribution in [2.45, 2.75) is 4.90 Å². The Labute approximate surface area is 107 Å². The first-order chi connectivity index (χ1) is 8.60. The maximum atomic E-state index is 11.8. The lowest BCUT2D eigenvalue weighted by Gasteiger charge is -2.07. The smallest absolute Gasteiger partial charge is 0.240 e. The molecule has 0 amide bonds. The monoisotopic (exact) mass is 275 g/mol. The van der Waals surface area contributed by atoms with Gasteiger partial charge in [0.25, 0.3) is 0 Å². The van der Waals surface area contributed by atoms with Crippen molar-refractivity contribution in [1.82, 2.24) is 4.72 Å². The second-order valence-corrected chi connectivity index (χ2v) is 5.18. The third kappa shape index (κ3) is 4.61. The van der Waals surface area contributed by atoms with Gasteiger partial charge in [-0.3, -0.25) is 0 Å². The molecule has 7 heteroatoms. The minimum absolute atomic E-state index is 0.0781. The molecule has 102 valence electrons. The van der Waals surface area contributed by atoms with Gasteiger partial charge in [-0.15, -0.1) is 0 Å². The van der Waals surface area contributed by atoms with Gasteiger partial charge in [-0.2, -0.15) is 0 Å². The Hall–Kier alpha value is -1.15. The molecule has 1 rings (SSSR count). The van der Waals surface area contributed by atoms with Gasteiger partial charge in [0.2, 0.25) is 10.0 Å². The Morgan fingerprint density at radius 1 is 1.22 bits per heavy atom. The molecule has 6 nitrogen and oxygen atoms in total. The number of hydrogen-bond acceptors (Lipinski definition) is 5. The third-order valence-corrected chi connectivity index (χ3v) is 3.62. The minimum atomic E-state index is -3.52. The summed E-state index contributed by atoms with van der Waals surface area (Å²) in [4.78, 5) is 0.172. The number of rotatable bonds is 8. The van der Waals surface area contributed by atoms with Crippen LogP contribution in [0.2, 0.25) is 0 Å². The maximum Gasteiger partial charge on any atom is 0.240 e. The van der Waals surface area contributed by atoms with Gasteiger partial charge in [0.15, 0.2) is 0 Å². The summed E-state index contributed by atoms with van der Waals surface area (Å²) in [5, 5.41) is 8.48. The molecule has 0 fully saturated rings. The molecule has 1 aromatic rings. The molecular weight excluding hydrogens is 258 g/mol. The lowest BCUT2D eigenvalue weighted by Crippen LogP contribution is -2.27. The summed E-state index contributed by atoms with van der Waals surface area (Å²) < 4.78 is 35.9. The molecule has 2 N–H and O–H groups in total. The van der Waals surface area contributed by atoms with Crippen LogP contribution in [0, 0.1) is 0 Å². The molecule has 18 heavy (non-hydrogen) atoms. The van der Waals surface area contributed by atoms with E-state index in [-0.39, 0.29) is 31.3 Å². The van der Waals surface area contributed by atoms with Crippen LogP contribution in [-0.4, -0.2) is 47.0 Å². The van der Waals surface area contributed by atoms with Crippen LogP contribution in [-0.2, 0) is 14.8 Å². The van der Waals surface area contributed by atoms with Gasteiger partial charge in [0, 0.05) is 6.54 Å². The Bertz CT molecular complexity index is 443. The van der Waals surface area contributed by atoms with Gasteiger partial charge in [-0.1, -0.05) is 0 Å². The summed E-state index contributed by atoms with van der Waals surface area (Å²) in [6, 6.07) is 6.10. The Morgan fingerprint density at radius 3 is 2.44 bits per heavy atom. The van der Waals surface area contributed by atoms with Crippen LogP contribution in [0.1, 0.15) is 0 Å². The number of aliphatic hydroxyl groups is 1. The first-order valence-electron chi connectivity index (χ1n) is 5.42. The number of nitrogens with one attached hydrogen (secondary N) is 1. The van der Waals surface area contributed by atoms with E-state index in [9.17, 15) is 8.42 Å². The average molecular weight is 275 g/mol. The van der Waals surface area contributed by atoms with Crippen LogP contribution in [0.5, 0.6) is 5.75 Å². The van der Waals surface area contributed by atoms with Gasteiger partial charge in [0.1, 0.15) is 5.75 Å². The van der Waals surface area contributed by atoms with Gasteiger partial charge in [0.05, 0.1) is 31.8 Å². The lowest BCUT2D eigenvalue weighted by molar-refractivity contribution is 0.0961. The van der Waals surface area contributed by atoms with E-state index in [1.807, 2.05) is 0 Å². The van der Waals surface area contributed by atoms with Gasteiger partial charge in [-0.25, -0.2) is 13.1 Å². The molecule has 0 atom stereocenters. The zero-order chi connectivity index (χ0) is 13.4. The molecule has 0 saturated heterocycles. The summed E-state index contributed by atoms with van der Waals surface area (Å²) in [7, 11) is -2.01. The molecule has 1 aromatic carbocycles. The van der Waals surface area contributed by atoms with Crippen LogP contribution in [0.25, 0.3) is 0 Å². The predicted molar refractivity (Wildman–Crippen MR) is 66.1 cm³/mol. The van der Waals surface area contributed by atoms with Crippen molar-refractivity contribution in [3.8, 4) is 5.75 Å². The zero-order valence-electron chi connectivity index (χ0n) is 10.1. The lowest BCUT2D eigenvalue weighted by atomic mass is 10.3. The summed E-state index contributed by atoms with van der Waals surface area (Å²) >= 11 is 0. The Kier molecular flexibility index (Phi) is 6.06. The Morgan fingerprint density at radius 2 is 1.89 bits per heavy atom. The maximum absolute atomic E-state index is 11.8. The van der Waals surface area contributed by atoms with Crippen LogP contribution >= 0.6 is 0 Å². The van der Waals surface area contributed by atoms with E-state index in [4.69, 9.17) is 14.6 Å². The molecular formula is C11H17NO5S. The van der Waals surface area contributed by atoms with Gasteiger partial charge < -0.3 is 14.6 Å². The highest BCUT2D eigenvalue weighted by atomic mass is 32.2. The fourth-order valence-electron chi connectivity index (χ4n) is 1.25. The molecule has 0 bridgehead atoms. The van der Waals surface area contributed by atoms with Crippen molar-refractivity contribution < 1.29 is 23.0 Å². The van der Waals surface area contributed by atoms with E-state index in [1.165, 1.54) is 19.2 Å². The average Bonchev–Trinajstić information content (AvgIpc) is 2.38. The van der Waals surface area contributed by atoms with Crippen molar-refractivity contribution in [3.05, 3.63) is 24.3 Å². The summed E-state index contributed by atoms with van der Waals surface area (Å²) in [6.07, 6.45) is 0. The molecule has 0 unspecified atom stereocenters. The van der Waals surface area contributed by atoms with E-state index >= 15 is 0 Å². The van der Waals surface area contributed by atoms with Crippen molar-refractivity contribution in [2.24, 2.45) is 0 Å². The number of sulfonamides is 1. The number of aliphatic hydroxyl groups excluding tert-OH is 1. The fourth-order valence-corrected chi connectivity index (χ4v) is 2.27. The Balaban J connectivity index is 2.51. The number of benzene rings is 1. The second kappa shape index (κ2) is 7.32. The minimum Gasteiger partial charge on any atom is -0.497 e. The molecule has 0 saturated carbocycles. The van der Waals surface area contributed by atoms with Gasteiger partial charge >= 0.3 is 0 Å². The number of ether oxygens (including phenoxy) is 2. The number of methoxy groups -OCH3 is 1. The highest BCUT2D eigenvalue weighted by molar-refractivity contribution is 7.89. The standard InChI is InChI=1S/C11H17NO5S/c1-16-10-2-4-11(5-3-10)18(14,15)12-6-8-17-9-7-13/h2-5,12-13H,6-9H2,1H3. The van der Waals surface area contributed by atoms with Crippen molar-refractivity contribution >= 4 is 10.0 Å². The molecule has 0 aromatic heterocycles. The van der Waals surface area contributed by atoms with E-state index in [1.54, 1.807) is 12.1 Å². The molecule has 0 aliphatic heterocycles. The topological polar surface area (TPSA) is 84.9 Å². The van der Waals surface area contributed by atoms with Crippen LogP contribution in [0.3, 0.4) is 0 Å². The fraction of sp³-hybridized carbons (Fsp3) is 0.455. The summed E-state index contributed by atoms with van der Waals surface area (Å²) in [6.45, 7) is 0.500. The van der Waals surface area contributed by atoms with E-state index < -0.39 is 10.0 Å². The molecule has 0 heterocycles. The highest BCUT2D eigenvalue weighted by Gasteiger charge is 2.12. The SMILES string of the molecule is COc1ccc(S(=O)(=O)NCCOCCO)cc1. The van der Waals surface area contributed by atoms with Gasteiger partial charge in [-0.05, 0) is 24.3 Å². The van der Waals surface area contributed by atoms with Crippen molar-refractivity contribution in [1.29, 1.82) is 0 Å². The first kappa shape index (κ1) is 14.9. The van der Waals surface area contributed by atoms with Crippen LogP contribution in [0.4, 0.5) is 0 Å². The highest BCUT2D eigenvalue weighted by Crippen LogP contribution is 2.14. The quantitative estimate of drug-likeness (QED) is 0.651. The first-order valence-corrected chi connectivity index (χ1v) is 6.91. The zero-order valence-corrected chi connectivity index (χ0v) is 10.9. The summed E-state index contributed by atoms with van der Waals surface area (Å²) in [5.41, 5.74) is 0. The second-order valence-electron chi connectivity index (χ2n) is 3.41. The third-order valence-electron chi connectivity index (χ3n) is 2.14. The largest absolute Gasteiger partial charge is 0.497 e. The predicted octanol–water partition coefficient (Wildman–Crippen LogP) is -0.0176. The molecule has 0 spiro atoms. The van der Waals surface area contributed by atoms with Crippen molar-refractivity contribution in [2.75, 3.05) is 33.5 Å². The normalized spacial score (nSPS) is 11.4. The van der Waals surface area contributed by atoms with E-state index in [0.29, 0.717) is 5.75 Å².